The molecule has 39 heteroatoms. The van der Waals surface area contributed by atoms with Crippen LogP contribution in [0.2, 0.25) is 0 Å². The standard InChI is InChI=1S/C64H82N26O13/c1-36(91)70-48-16-15-40(90(48)11)58(97)73-39-28-41(83(4)31-39)57(96)67-23-18-51(94)72-38-27-43(85(6)30-38)60(99)79-45-33-86(7)53(76-45)61(100)66-20-12-14-50(93)71-37-26-42(84(5)29-37)59(98)80-46-34-87(8)54(77-46)63(102)69-24-19-52(95)74-44-32-89(10)56(75-44)64(103)81-47-35-88(9)55(78-47)62(101)68-22-17-49(92)65-21-13-25-82(2)3/h15-16,26-35H,12-14,17-25H2,1-11H3,(H,65,92)(H,66,100)(H,67,96)(H,68,101)(H,69,102)(H,70,91)(H,71,93)(H,72,94)(H,73,97)(H,74,95)(H,79,99)(H,80,98)(H,81,103). The molecule has 0 aliphatic heterocycles. The van der Waals surface area contributed by atoms with E-state index in [0.29, 0.717) is 29.4 Å². The number of carbonyl (C=O) groups excluding carboxylic acids is 13. The number of nitrogens with one attached hydrogen (secondary N) is 13. The van der Waals surface area contributed by atoms with Gasteiger partial charge in [-0.3, -0.25) is 62.3 Å². The molecule has 546 valence electrons. The summed E-state index contributed by atoms with van der Waals surface area (Å²) in [7, 11) is 16.5. The lowest BCUT2D eigenvalue weighted by Gasteiger charge is -2.10. The van der Waals surface area contributed by atoms with E-state index >= 15 is 0 Å². The molecule has 0 bridgehead atoms. The molecule has 8 aromatic rings. The van der Waals surface area contributed by atoms with E-state index in [1.165, 1.54) is 113 Å². The average molecular weight is 1420 g/mol. The molecule has 0 spiro atoms. The van der Waals surface area contributed by atoms with Crippen molar-refractivity contribution in [1.82, 2.24) is 88.0 Å². The highest BCUT2D eigenvalue weighted by molar-refractivity contribution is 6.08. The first-order valence-electron chi connectivity index (χ1n) is 32.1. The van der Waals surface area contributed by atoms with E-state index in [1.54, 1.807) is 60.6 Å². The lowest BCUT2D eigenvalue weighted by Crippen LogP contribution is -2.32. The highest BCUT2D eigenvalue weighted by Gasteiger charge is 2.25. The second-order valence-electron chi connectivity index (χ2n) is 24.1. The normalized spacial score (nSPS) is 11.0. The van der Waals surface area contributed by atoms with Gasteiger partial charge in [-0.15, -0.1) is 0 Å². The number of rotatable bonds is 33. The van der Waals surface area contributed by atoms with Gasteiger partial charge < -0.3 is 111 Å². The maximum Gasteiger partial charge on any atom is 0.292 e. The van der Waals surface area contributed by atoms with E-state index in [1.807, 2.05) is 19.0 Å². The third-order valence-corrected chi connectivity index (χ3v) is 15.4. The summed E-state index contributed by atoms with van der Waals surface area (Å²) in [6.07, 6.45) is 11.0. The second kappa shape index (κ2) is 34.2. The molecule has 0 radical (unpaired) electrons. The van der Waals surface area contributed by atoms with Crippen LogP contribution in [0.5, 0.6) is 0 Å². The van der Waals surface area contributed by atoms with Crippen molar-refractivity contribution in [3.8, 4) is 0 Å². The Kier molecular flexibility index (Phi) is 25.2. The molecule has 8 aromatic heterocycles. The molecule has 0 saturated carbocycles. The van der Waals surface area contributed by atoms with Crippen molar-refractivity contribution < 1.29 is 62.3 Å². The van der Waals surface area contributed by atoms with Gasteiger partial charge in [0.2, 0.25) is 52.8 Å². The van der Waals surface area contributed by atoms with Crippen LogP contribution in [0.15, 0.2) is 73.7 Å². The van der Waals surface area contributed by atoms with Gasteiger partial charge in [0, 0.05) is 165 Å². The number of nitrogens with zero attached hydrogens (tertiary/aromatic N) is 13. The zero-order valence-corrected chi connectivity index (χ0v) is 58.5. The predicted octanol–water partition coefficient (Wildman–Crippen LogP) is 0.796. The summed E-state index contributed by atoms with van der Waals surface area (Å²) in [6.45, 7) is 2.68. The molecule has 0 fully saturated rings. The summed E-state index contributed by atoms with van der Waals surface area (Å²) >= 11 is 0. The summed E-state index contributed by atoms with van der Waals surface area (Å²) in [5.41, 5.74) is 1.71. The molecule has 103 heavy (non-hydrogen) atoms. The predicted molar refractivity (Wildman–Crippen MR) is 375 cm³/mol. The molecule has 39 nitrogen and oxygen atoms in total. The Bertz CT molecular complexity index is 4560. The highest BCUT2D eigenvalue weighted by Crippen LogP contribution is 2.21. The van der Waals surface area contributed by atoms with Gasteiger partial charge in [-0.05, 0) is 63.8 Å². The van der Waals surface area contributed by atoms with Gasteiger partial charge in [-0.1, -0.05) is 0 Å². The lowest BCUT2D eigenvalue weighted by atomic mass is 10.3. The summed E-state index contributed by atoms with van der Waals surface area (Å²) < 4.78 is 11.6. The summed E-state index contributed by atoms with van der Waals surface area (Å²) in [5, 5.41) is 34.7. The summed E-state index contributed by atoms with van der Waals surface area (Å²) in [5.74, 6) is -6.16. The molecule has 0 aromatic carbocycles. The van der Waals surface area contributed by atoms with Gasteiger partial charge in [0.1, 0.15) is 28.6 Å². The molecule has 0 aliphatic rings. The van der Waals surface area contributed by atoms with Gasteiger partial charge >= 0.3 is 0 Å². The molecule has 8 rings (SSSR count). The lowest BCUT2D eigenvalue weighted by molar-refractivity contribution is -0.121. The molecule has 0 aliphatic carbocycles. The minimum absolute atomic E-state index is 0.00963. The fraction of sp³-hybridized carbons (Fsp3) is 0.359. The highest BCUT2D eigenvalue weighted by atomic mass is 16.2. The Morgan fingerprint density at radius 1 is 0.340 bits per heavy atom. The number of aromatic nitrogens is 12. The first kappa shape index (κ1) is 75.8. The van der Waals surface area contributed by atoms with Crippen molar-refractivity contribution in [3.05, 3.63) is 120 Å². The van der Waals surface area contributed by atoms with Crippen molar-refractivity contribution in [1.29, 1.82) is 0 Å². The van der Waals surface area contributed by atoms with Crippen LogP contribution in [-0.4, -0.2) is 192 Å². The van der Waals surface area contributed by atoms with Crippen molar-refractivity contribution >= 4 is 123 Å². The van der Waals surface area contributed by atoms with Crippen LogP contribution in [0.25, 0.3) is 0 Å². The van der Waals surface area contributed by atoms with Crippen molar-refractivity contribution in [3.63, 3.8) is 0 Å². The van der Waals surface area contributed by atoms with Crippen LogP contribution < -0.4 is 69.1 Å². The first-order valence-corrected chi connectivity index (χ1v) is 32.1. The molecule has 0 atom stereocenters. The minimum atomic E-state index is -0.687. The number of imidazole rings is 4. The maximum absolute atomic E-state index is 13.4. The number of amides is 13. The van der Waals surface area contributed by atoms with E-state index in [4.69, 9.17) is 0 Å². The van der Waals surface area contributed by atoms with Crippen LogP contribution in [0.3, 0.4) is 0 Å². The Labute approximate surface area is 588 Å². The van der Waals surface area contributed by atoms with Crippen molar-refractivity contribution in [2.24, 2.45) is 56.4 Å². The van der Waals surface area contributed by atoms with E-state index in [0.717, 1.165) is 13.0 Å². The molecule has 8 heterocycles. The zero-order valence-electron chi connectivity index (χ0n) is 58.5. The van der Waals surface area contributed by atoms with Gasteiger partial charge in [-0.25, -0.2) is 19.9 Å². The molecule has 0 saturated heterocycles. The van der Waals surface area contributed by atoms with Crippen LogP contribution >= 0.6 is 0 Å². The third kappa shape index (κ3) is 20.8. The second-order valence-corrected chi connectivity index (χ2v) is 24.1. The monoisotopic (exact) mass is 1420 g/mol. The molecular formula is C64H82N26O13. The number of hydrogen-bond acceptors (Lipinski definition) is 18. The van der Waals surface area contributed by atoms with Crippen molar-refractivity contribution in [2.75, 3.05) is 95.9 Å². The van der Waals surface area contributed by atoms with E-state index in [9.17, 15) is 62.3 Å². The smallest absolute Gasteiger partial charge is 0.292 e. The van der Waals surface area contributed by atoms with Crippen LogP contribution in [-0.2, 0) is 80.4 Å². The quantitative estimate of drug-likeness (QED) is 0.0253. The Hall–Kier alpha value is -13.0. The minimum Gasteiger partial charge on any atom is -0.356 e. The Morgan fingerprint density at radius 2 is 0.699 bits per heavy atom. The number of aryl methyl sites for hydroxylation is 7. The van der Waals surface area contributed by atoms with E-state index < -0.39 is 65.0 Å². The van der Waals surface area contributed by atoms with Gasteiger partial charge in [0.25, 0.3) is 47.3 Å². The number of carbonyl (C=O) groups is 13. The zero-order chi connectivity index (χ0) is 74.9. The maximum atomic E-state index is 13.4. The van der Waals surface area contributed by atoms with Crippen LogP contribution in [0, 0.1) is 0 Å². The SMILES string of the molecule is CC(=O)Nc1ccc(C(=O)Nc2cc(C(=O)NCCC(=O)Nc3cc(C(=O)Nc4cn(C)c(C(=O)NCCCC(=O)Nc5cc(C(=O)Nc6cn(C)c(C(=O)NCCC(=O)Nc7cn(C)c(C(=O)Nc8cn(C)c(C(=O)NCCC(=O)NCCCN(C)C)n8)n7)n6)n(C)c5)n4)n(C)c3)n(C)c2)n1C. The van der Waals surface area contributed by atoms with E-state index in [-0.39, 0.29) is 139 Å². The third-order valence-electron chi connectivity index (χ3n) is 15.4. The van der Waals surface area contributed by atoms with Crippen LogP contribution in [0.4, 0.5) is 46.2 Å². The molecule has 0 unspecified atom stereocenters. The molecule has 13 amide bonds. The molecular weight excluding hydrogens is 1340 g/mol. The van der Waals surface area contributed by atoms with E-state index in [2.05, 4.69) is 89.1 Å². The Balaban J connectivity index is 0.700. The fourth-order valence-corrected chi connectivity index (χ4v) is 10.3. The largest absolute Gasteiger partial charge is 0.356 e. The fourth-order valence-electron chi connectivity index (χ4n) is 10.3. The summed E-state index contributed by atoms with van der Waals surface area (Å²) in [6, 6.07) is 7.50. The number of hydrogen-bond donors (Lipinski definition) is 13. The topological polar surface area (TPSA) is 473 Å². The van der Waals surface area contributed by atoms with Crippen LogP contribution in [0.1, 0.15) is 130 Å². The molecule has 13 N–H and O–H groups in total. The Morgan fingerprint density at radius 3 is 1.16 bits per heavy atom. The first-order chi connectivity index (χ1) is 48.9. The summed E-state index contributed by atoms with van der Waals surface area (Å²) in [4.78, 5) is 186. The van der Waals surface area contributed by atoms with Crippen molar-refractivity contribution in [2.45, 2.75) is 45.4 Å². The number of anilines is 8. The average Bonchev–Trinajstić information content (AvgIpc) is 1.70. The van der Waals surface area contributed by atoms with Gasteiger partial charge in [0.05, 0.1) is 17.1 Å². The van der Waals surface area contributed by atoms with Gasteiger partial charge in [-0.2, -0.15) is 0 Å². The van der Waals surface area contributed by atoms with Gasteiger partial charge in [0.15, 0.2) is 23.3 Å².